The highest BCUT2D eigenvalue weighted by atomic mass is 32.2. The lowest BCUT2D eigenvalue weighted by Gasteiger charge is -2.26. The highest BCUT2D eigenvalue weighted by molar-refractivity contribution is 7.85. The standard InChI is InChI=1S/C15H20N2O4S/c1-21-11-3-4-14-13(9-11)12-5-7-17(10-15(12)16-14)6-2-8-22(18,19)20/h3-4,9,16H,2,5-8,10H2,1H3,(H,18,19,20). The normalized spacial score (nSPS) is 15.9. The Morgan fingerprint density at radius 2 is 2.23 bits per heavy atom. The van der Waals surface area contributed by atoms with Gasteiger partial charge in [-0.15, -0.1) is 0 Å². The van der Waals surface area contributed by atoms with Gasteiger partial charge in [0, 0.05) is 29.7 Å². The van der Waals surface area contributed by atoms with Crippen LogP contribution in [0.2, 0.25) is 0 Å². The summed E-state index contributed by atoms with van der Waals surface area (Å²) in [4.78, 5) is 5.65. The molecule has 1 aliphatic heterocycles. The maximum atomic E-state index is 10.8. The van der Waals surface area contributed by atoms with E-state index in [-0.39, 0.29) is 5.75 Å². The molecule has 3 rings (SSSR count). The summed E-state index contributed by atoms with van der Waals surface area (Å²) in [7, 11) is -2.20. The summed E-state index contributed by atoms with van der Waals surface area (Å²) < 4.78 is 35.6. The van der Waals surface area contributed by atoms with Crippen LogP contribution in [-0.4, -0.2) is 48.8 Å². The number of nitrogens with zero attached hydrogens (tertiary/aromatic N) is 1. The van der Waals surface area contributed by atoms with Crippen LogP contribution in [0.3, 0.4) is 0 Å². The third-order valence-corrected chi connectivity index (χ3v) is 4.94. The van der Waals surface area contributed by atoms with Gasteiger partial charge in [-0.25, -0.2) is 0 Å². The van der Waals surface area contributed by atoms with Crippen LogP contribution in [0.25, 0.3) is 10.9 Å². The van der Waals surface area contributed by atoms with E-state index in [9.17, 15) is 8.42 Å². The van der Waals surface area contributed by atoms with Crippen molar-refractivity contribution in [2.75, 3.05) is 26.0 Å². The van der Waals surface area contributed by atoms with E-state index in [4.69, 9.17) is 9.29 Å². The second-order valence-corrected chi connectivity index (χ2v) is 7.23. The summed E-state index contributed by atoms with van der Waals surface area (Å²) in [5, 5.41) is 1.20. The molecule has 2 aromatic rings. The molecule has 0 atom stereocenters. The quantitative estimate of drug-likeness (QED) is 0.820. The van der Waals surface area contributed by atoms with Gasteiger partial charge in [-0.1, -0.05) is 0 Å². The monoisotopic (exact) mass is 324 g/mol. The van der Waals surface area contributed by atoms with E-state index in [0.717, 1.165) is 30.8 Å². The minimum Gasteiger partial charge on any atom is -0.497 e. The lowest BCUT2D eigenvalue weighted by molar-refractivity contribution is 0.252. The highest BCUT2D eigenvalue weighted by Gasteiger charge is 2.21. The minimum absolute atomic E-state index is 0.180. The largest absolute Gasteiger partial charge is 0.497 e. The molecule has 0 bridgehead atoms. The molecule has 2 N–H and O–H groups in total. The van der Waals surface area contributed by atoms with Gasteiger partial charge in [0.1, 0.15) is 5.75 Å². The average Bonchev–Trinajstić information content (AvgIpc) is 2.82. The summed E-state index contributed by atoms with van der Waals surface area (Å²) in [6.07, 6.45) is 1.37. The van der Waals surface area contributed by atoms with E-state index >= 15 is 0 Å². The summed E-state index contributed by atoms with van der Waals surface area (Å²) >= 11 is 0. The zero-order chi connectivity index (χ0) is 15.7. The number of aromatic nitrogens is 1. The molecule has 0 radical (unpaired) electrons. The molecule has 0 spiro atoms. The number of hydrogen-bond donors (Lipinski definition) is 2. The number of nitrogens with one attached hydrogen (secondary N) is 1. The van der Waals surface area contributed by atoms with Crippen LogP contribution < -0.4 is 4.74 Å². The Hall–Kier alpha value is -1.57. The van der Waals surface area contributed by atoms with Gasteiger partial charge in [-0.05, 0) is 43.1 Å². The number of hydrogen-bond acceptors (Lipinski definition) is 4. The van der Waals surface area contributed by atoms with Gasteiger partial charge in [0.2, 0.25) is 0 Å². The zero-order valence-electron chi connectivity index (χ0n) is 12.5. The summed E-state index contributed by atoms with van der Waals surface area (Å²) in [5.74, 6) is 0.671. The Morgan fingerprint density at radius 1 is 1.41 bits per heavy atom. The van der Waals surface area contributed by atoms with Gasteiger partial charge >= 0.3 is 0 Å². The van der Waals surface area contributed by atoms with Gasteiger partial charge in [0.15, 0.2) is 0 Å². The van der Waals surface area contributed by atoms with E-state index < -0.39 is 10.1 Å². The Kier molecular flexibility index (Phi) is 4.12. The minimum atomic E-state index is -3.86. The lowest BCUT2D eigenvalue weighted by atomic mass is 10.0. The summed E-state index contributed by atoms with van der Waals surface area (Å²) in [5.41, 5.74) is 3.60. The van der Waals surface area contributed by atoms with Crippen LogP contribution in [0.15, 0.2) is 18.2 Å². The molecule has 0 fully saturated rings. The first-order valence-electron chi connectivity index (χ1n) is 7.31. The van der Waals surface area contributed by atoms with Crippen molar-refractivity contribution in [1.82, 2.24) is 9.88 Å². The molecule has 0 amide bonds. The Balaban J connectivity index is 1.73. The van der Waals surface area contributed by atoms with Crippen molar-refractivity contribution in [2.24, 2.45) is 0 Å². The first-order chi connectivity index (χ1) is 10.5. The molecule has 0 saturated carbocycles. The molecule has 7 heteroatoms. The predicted molar refractivity (Wildman–Crippen MR) is 84.9 cm³/mol. The van der Waals surface area contributed by atoms with Crippen LogP contribution in [-0.2, 0) is 23.1 Å². The number of H-pyrrole nitrogens is 1. The van der Waals surface area contributed by atoms with Crippen LogP contribution in [0, 0.1) is 0 Å². The Bertz CT molecular complexity index is 782. The molecule has 22 heavy (non-hydrogen) atoms. The van der Waals surface area contributed by atoms with Crippen molar-refractivity contribution in [3.05, 3.63) is 29.5 Å². The van der Waals surface area contributed by atoms with Gasteiger partial charge in [-0.3, -0.25) is 9.45 Å². The number of fused-ring (bicyclic) bond motifs is 3. The SMILES string of the molecule is COc1ccc2[nH]c3c(c2c1)CCN(CCCS(=O)(=O)O)C3. The van der Waals surface area contributed by atoms with E-state index in [0.29, 0.717) is 13.0 Å². The number of rotatable bonds is 5. The van der Waals surface area contributed by atoms with E-state index in [1.54, 1.807) is 7.11 Å². The van der Waals surface area contributed by atoms with Crippen molar-refractivity contribution < 1.29 is 17.7 Å². The Labute approximate surface area is 129 Å². The molecule has 1 aromatic heterocycles. The number of ether oxygens (including phenoxy) is 1. The third-order valence-electron chi connectivity index (χ3n) is 4.14. The number of benzene rings is 1. The first-order valence-corrected chi connectivity index (χ1v) is 8.92. The topological polar surface area (TPSA) is 82.6 Å². The van der Waals surface area contributed by atoms with Gasteiger partial charge in [0.05, 0.1) is 12.9 Å². The van der Waals surface area contributed by atoms with E-state index in [1.807, 2.05) is 12.1 Å². The zero-order valence-corrected chi connectivity index (χ0v) is 13.3. The van der Waals surface area contributed by atoms with Gasteiger partial charge in [-0.2, -0.15) is 8.42 Å². The predicted octanol–water partition coefficient (Wildman–Crippen LogP) is 1.81. The van der Waals surface area contributed by atoms with Crippen LogP contribution in [0.5, 0.6) is 5.75 Å². The molecule has 1 aromatic carbocycles. The van der Waals surface area contributed by atoms with Crippen molar-refractivity contribution >= 4 is 21.0 Å². The second kappa shape index (κ2) is 5.91. The van der Waals surface area contributed by atoms with Crippen LogP contribution >= 0.6 is 0 Å². The van der Waals surface area contributed by atoms with Crippen LogP contribution in [0.4, 0.5) is 0 Å². The van der Waals surface area contributed by atoms with Crippen molar-refractivity contribution in [3.8, 4) is 5.75 Å². The number of methoxy groups -OCH3 is 1. The highest BCUT2D eigenvalue weighted by Crippen LogP contribution is 2.30. The average molecular weight is 324 g/mol. The maximum Gasteiger partial charge on any atom is 0.264 e. The van der Waals surface area contributed by atoms with Crippen molar-refractivity contribution in [1.29, 1.82) is 0 Å². The molecule has 6 nitrogen and oxygen atoms in total. The molecule has 0 aliphatic carbocycles. The molecule has 120 valence electrons. The Morgan fingerprint density at radius 3 is 2.95 bits per heavy atom. The molecule has 0 saturated heterocycles. The van der Waals surface area contributed by atoms with Crippen molar-refractivity contribution in [3.63, 3.8) is 0 Å². The molecular formula is C15H20N2O4S. The molecule has 1 aliphatic rings. The molecule has 0 unspecified atom stereocenters. The fourth-order valence-corrected chi connectivity index (χ4v) is 3.56. The number of aromatic amines is 1. The summed E-state index contributed by atoms with van der Waals surface area (Å²) in [6.45, 7) is 2.33. The maximum absolute atomic E-state index is 10.8. The van der Waals surface area contributed by atoms with Gasteiger partial charge < -0.3 is 9.72 Å². The second-order valence-electron chi connectivity index (χ2n) is 5.66. The third kappa shape index (κ3) is 3.26. The van der Waals surface area contributed by atoms with Gasteiger partial charge in [0.25, 0.3) is 10.1 Å². The first kappa shape index (κ1) is 15.3. The fourth-order valence-electron chi connectivity index (χ4n) is 3.06. The van der Waals surface area contributed by atoms with Crippen LogP contribution in [0.1, 0.15) is 17.7 Å². The molecular weight excluding hydrogens is 304 g/mol. The van der Waals surface area contributed by atoms with E-state index in [1.165, 1.54) is 16.6 Å². The van der Waals surface area contributed by atoms with E-state index in [2.05, 4.69) is 16.0 Å². The lowest BCUT2D eigenvalue weighted by Crippen LogP contribution is -2.32. The van der Waals surface area contributed by atoms with Crippen molar-refractivity contribution in [2.45, 2.75) is 19.4 Å². The smallest absolute Gasteiger partial charge is 0.264 e. The molecule has 2 heterocycles. The fraction of sp³-hybridized carbons (Fsp3) is 0.467. The summed E-state index contributed by atoms with van der Waals surface area (Å²) in [6, 6.07) is 6.02.